The van der Waals surface area contributed by atoms with E-state index < -0.39 is 10.2 Å². The number of hydrogen-bond donors (Lipinski definition) is 3. The Morgan fingerprint density at radius 3 is 2.78 bits per heavy atom. The Hall–Kier alpha value is -0.950. The van der Waals surface area contributed by atoms with Crippen LogP contribution in [-0.2, 0) is 29.8 Å². The molecule has 2 aliphatic rings. The maximum absolute atomic E-state index is 11.7. The van der Waals surface area contributed by atoms with Crippen molar-refractivity contribution < 1.29 is 8.42 Å². The van der Waals surface area contributed by atoms with Crippen molar-refractivity contribution in [3.63, 3.8) is 0 Å². The Kier molecular flexibility index (Phi) is 3.11. The summed E-state index contributed by atoms with van der Waals surface area (Å²) >= 11 is 0. The third-order valence-corrected chi connectivity index (χ3v) is 4.44. The van der Waals surface area contributed by atoms with Gasteiger partial charge in [-0.1, -0.05) is 18.2 Å². The largest absolute Gasteiger partial charge is 0.309 e. The zero-order chi connectivity index (χ0) is 12.6. The number of rotatable bonds is 5. The van der Waals surface area contributed by atoms with Crippen LogP contribution in [0, 0.1) is 0 Å². The highest BCUT2D eigenvalue weighted by Gasteiger charge is 2.26. The second-order valence-corrected chi connectivity index (χ2v) is 6.45. The van der Waals surface area contributed by atoms with Crippen LogP contribution in [0.4, 0.5) is 0 Å². The van der Waals surface area contributed by atoms with Gasteiger partial charge in [-0.3, -0.25) is 0 Å². The van der Waals surface area contributed by atoms with Gasteiger partial charge in [-0.15, -0.1) is 0 Å². The van der Waals surface area contributed by atoms with E-state index in [4.69, 9.17) is 0 Å². The first-order valence-electron chi connectivity index (χ1n) is 6.21. The smallest absolute Gasteiger partial charge is 0.277 e. The highest BCUT2D eigenvalue weighted by atomic mass is 32.2. The maximum Gasteiger partial charge on any atom is 0.277 e. The van der Waals surface area contributed by atoms with Crippen molar-refractivity contribution in [1.82, 2.24) is 14.8 Å². The normalized spacial score (nSPS) is 18.9. The lowest BCUT2D eigenvalue weighted by Crippen LogP contribution is -2.37. The van der Waals surface area contributed by atoms with E-state index in [1.807, 2.05) is 6.07 Å². The minimum absolute atomic E-state index is 0.145. The third-order valence-electron chi connectivity index (χ3n) is 3.27. The fraction of sp³-hybridized carbons (Fsp3) is 0.500. The van der Waals surface area contributed by atoms with Gasteiger partial charge in [0.15, 0.2) is 0 Å². The first kappa shape index (κ1) is 12.1. The van der Waals surface area contributed by atoms with Crippen molar-refractivity contribution in [2.45, 2.75) is 38.5 Å². The Balaban J connectivity index is 1.62. The van der Waals surface area contributed by atoms with Crippen molar-refractivity contribution in [1.29, 1.82) is 0 Å². The molecule has 98 valence electrons. The maximum atomic E-state index is 11.7. The SMILES string of the molecule is O=S(=O)(NCc1ccc2c(c1)CNC2)NC1CC1. The molecule has 1 aliphatic heterocycles. The van der Waals surface area contributed by atoms with Gasteiger partial charge in [0.1, 0.15) is 0 Å². The molecule has 1 fully saturated rings. The van der Waals surface area contributed by atoms with Gasteiger partial charge >= 0.3 is 0 Å². The molecule has 0 amide bonds. The Morgan fingerprint density at radius 1 is 1.22 bits per heavy atom. The monoisotopic (exact) mass is 267 g/mol. The van der Waals surface area contributed by atoms with Crippen LogP contribution < -0.4 is 14.8 Å². The van der Waals surface area contributed by atoms with Crippen molar-refractivity contribution in [3.05, 3.63) is 34.9 Å². The van der Waals surface area contributed by atoms with Gasteiger partial charge in [-0.05, 0) is 29.5 Å². The zero-order valence-electron chi connectivity index (χ0n) is 10.1. The summed E-state index contributed by atoms with van der Waals surface area (Å²) in [6.07, 6.45) is 1.90. The first-order chi connectivity index (χ1) is 8.62. The van der Waals surface area contributed by atoms with Gasteiger partial charge in [0.25, 0.3) is 10.2 Å². The van der Waals surface area contributed by atoms with Gasteiger partial charge in [0, 0.05) is 25.7 Å². The second kappa shape index (κ2) is 4.62. The molecule has 5 nitrogen and oxygen atoms in total. The summed E-state index contributed by atoms with van der Waals surface area (Å²) in [4.78, 5) is 0. The predicted molar refractivity (Wildman–Crippen MR) is 68.9 cm³/mol. The number of fused-ring (bicyclic) bond motifs is 1. The number of nitrogens with one attached hydrogen (secondary N) is 3. The molecular formula is C12H17N3O2S. The lowest BCUT2D eigenvalue weighted by atomic mass is 10.1. The van der Waals surface area contributed by atoms with E-state index >= 15 is 0 Å². The van der Waals surface area contributed by atoms with Gasteiger partial charge in [0.2, 0.25) is 0 Å². The van der Waals surface area contributed by atoms with Crippen molar-refractivity contribution in [2.75, 3.05) is 0 Å². The molecule has 1 heterocycles. The van der Waals surface area contributed by atoms with Crippen LogP contribution >= 0.6 is 0 Å². The van der Waals surface area contributed by atoms with E-state index in [1.165, 1.54) is 11.1 Å². The molecule has 0 atom stereocenters. The van der Waals surface area contributed by atoms with Crippen LogP contribution in [0.2, 0.25) is 0 Å². The van der Waals surface area contributed by atoms with Crippen LogP contribution in [0.5, 0.6) is 0 Å². The summed E-state index contributed by atoms with van der Waals surface area (Å²) < 4.78 is 28.5. The summed E-state index contributed by atoms with van der Waals surface area (Å²) in [7, 11) is -3.35. The molecule has 0 saturated heterocycles. The van der Waals surface area contributed by atoms with E-state index in [9.17, 15) is 8.42 Å². The van der Waals surface area contributed by atoms with E-state index in [-0.39, 0.29) is 6.04 Å². The minimum Gasteiger partial charge on any atom is -0.309 e. The van der Waals surface area contributed by atoms with Crippen LogP contribution in [-0.4, -0.2) is 14.5 Å². The number of hydrogen-bond acceptors (Lipinski definition) is 3. The predicted octanol–water partition coefficient (Wildman–Crippen LogP) is 0.376. The molecule has 0 bridgehead atoms. The first-order valence-corrected chi connectivity index (χ1v) is 7.69. The molecule has 0 radical (unpaired) electrons. The third kappa shape index (κ3) is 2.89. The molecule has 18 heavy (non-hydrogen) atoms. The highest BCUT2D eigenvalue weighted by Crippen LogP contribution is 2.20. The molecule has 1 aliphatic carbocycles. The van der Waals surface area contributed by atoms with E-state index in [2.05, 4.69) is 26.9 Å². The molecule has 0 spiro atoms. The fourth-order valence-corrected chi connectivity index (χ4v) is 3.21. The van der Waals surface area contributed by atoms with Gasteiger partial charge in [-0.25, -0.2) is 0 Å². The van der Waals surface area contributed by atoms with Gasteiger partial charge in [0.05, 0.1) is 0 Å². The van der Waals surface area contributed by atoms with Gasteiger partial charge in [-0.2, -0.15) is 17.9 Å². The van der Waals surface area contributed by atoms with E-state index in [1.54, 1.807) is 0 Å². The standard InChI is InChI=1S/C12H17N3O2S/c16-18(17,15-12-3-4-12)14-6-9-1-2-10-7-13-8-11(10)5-9/h1-2,5,12-15H,3-4,6-8H2. The summed E-state index contributed by atoms with van der Waals surface area (Å²) in [6, 6.07) is 6.25. The Morgan fingerprint density at radius 2 is 2.00 bits per heavy atom. The Bertz CT molecular complexity index is 552. The van der Waals surface area contributed by atoms with Crippen LogP contribution in [0.15, 0.2) is 18.2 Å². The molecule has 0 aromatic heterocycles. The molecule has 1 aromatic carbocycles. The van der Waals surface area contributed by atoms with Crippen molar-refractivity contribution in [3.8, 4) is 0 Å². The summed E-state index contributed by atoms with van der Waals surface area (Å²) in [5.41, 5.74) is 3.57. The Labute approximate surface area is 107 Å². The highest BCUT2D eigenvalue weighted by molar-refractivity contribution is 7.87. The van der Waals surface area contributed by atoms with Crippen LogP contribution in [0.1, 0.15) is 29.5 Å². The summed E-state index contributed by atoms with van der Waals surface area (Å²) in [5.74, 6) is 0. The molecule has 3 rings (SSSR count). The van der Waals surface area contributed by atoms with E-state index in [0.717, 1.165) is 31.5 Å². The summed E-state index contributed by atoms with van der Waals surface area (Å²) in [6.45, 7) is 2.12. The van der Waals surface area contributed by atoms with Gasteiger partial charge < -0.3 is 5.32 Å². The quantitative estimate of drug-likeness (QED) is 0.722. The average molecular weight is 267 g/mol. The lowest BCUT2D eigenvalue weighted by molar-refractivity contribution is 0.565. The van der Waals surface area contributed by atoms with E-state index in [0.29, 0.717) is 6.54 Å². The molecule has 1 saturated carbocycles. The van der Waals surface area contributed by atoms with Crippen molar-refractivity contribution >= 4 is 10.2 Å². The topological polar surface area (TPSA) is 70.2 Å². The van der Waals surface area contributed by atoms with Crippen LogP contribution in [0.3, 0.4) is 0 Å². The molecule has 6 heteroatoms. The lowest BCUT2D eigenvalue weighted by Gasteiger charge is -2.08. The molecular weight excluding hydrogens is 250 g/mol. The van der Waals surface area contributed by atoms with Crippen molar-refractivity contribution in [2.24, 2.45) is 0 Å². The summed E-state index contributed by atoms with van der Waals surface area (Å²) in [5, 5.41) is 3.27. The fourth-order valence-electron chi connectivity index (χ4n) is 2.10. The average Bonchev–Trinajstić information content (AvgIpc) is 3.00. The minimum atomic E-state index is -3.35. The van der Waals surface area contributed by atoms with Crippen LogP contribution in [0.25, 0.3) is 0 Å². The molecule has 0 unspecified atom stereocenters. The number of benzene rings is 1. The second-order valence-electron chi connectivity index (χ2n) is 4.92. The molecule has 1 aromatic rings. The molecule has 3 N–H and O–H groups in total. The zero-order valence-corrected chi connectivity index (χ0v) is 10.9.